The molecule has 0 unspecified atom stereocenters. The summed E-state index contributed by atoms with van der Waals surface area (Å²) in [6, 6.07) is 0. The fraction of sp³-hybridized carbons (Fsp3) is 0.583. The summed E-state index contributed by atoms with van der Waals surface area (Å²) in [5.41, 5.74) is 1.17. The molecule has 0 fully saturated rings. The fourth-order valence-corrected chi connectivity index (χ4v) is 1.77. The molecule has 0 bridgehead atoms. The van der Waals surface area contributed by atoms with Crippen LogP contribution in [0.2, 0.25) is 0 Å². The number of esters is 1. The van der Waals surface area contributed by atoms with Gasteiger partial charge in [0.05, 0.1) is 12.7 Å². The first kappa shape index (κ1) is 11.8. The molecular formula is C12H18O3. The Labute approximate surface area is 90.4 Å². The van der Waals surface area contributed by atoms with E-state index in [1.165, 1.54) is 7.11 Å². The largest absolute Gasteiger partial charge is 0.511 e. The van der Waals surface area contributed by atoms with E-state index in [2.05, 4.69) is 4.74 Å². The smallest absolute Gasteiger partial charge is 0.341 e. The highest BCUT2D eigenvalue weighted by molar-refractivity contribution is 5.93. The first-order valence-corrected chi connectivity index (χ1v) is 5.34. The van der Waals surface area contributed by atoms with Crippen LogP contribution < -0.4 is 0 Å². The van der Waals surface area contributed by atoms with E-state index in [0.29, 0.717) is 12.0 Å². The first-order chi connectivity index (χ1) is 7.16. The molecule has 0 saturated carbocycles. The Bertz CT molecular complexity index is 300. The molecule has 3 heteroatoms. The molecule has 1 N–H and O–H groups in total. The topological polar surface area (TPSA) is 46.5 Å². The summed E-state index contributed by atoms with van der Waals surface area (Å²) in [4.78, 5) is 11.5. The molecule has 1 rings (SSSR count). The summed E-state index contributed by atoms with van der Waals surface area (Å²) in [6.45, 7) is 1.84. The molecule has 0 aromatic heterocycles. The minimum atomic E-state index is -0.442. The third-order valence-electron chi connectivity index (χ3n) is 2.64. The highest BCUT2D eigenvalue weighted by Gasteiger charge is 2.18. The van der Waals surface area contributed by atoms with Crippen LogP contribution in [0.1, 0.15) is 39.0 Å². The van der Waals surface area contributed by atoms with E-state index in [4.69, 9.17) is 0 Å². The third kappa shape index (κ3) is 3.11. The lowest BCUT2D eigenvalue weighted by molar-refractivity contribution is -0.136. The number of ether oxygens (including phenoxy) is 1. The predicted molar refractivity (Wildman–Crippen MR) is 58.5 cm³/mol. The van der Waals surface area contributed by atoms with Crippen LogP contribution in [-0.4, -0.2) is 18.2 Å². The van der Waals surface area contributed by atoms with Crippen LogP contribution in [0.25, 0.3) is 0 Å². The van der Waals surface area contributed by atoms with Crippen molar-refractivity contribution in [3.05, 3.63) is 23.0 Å². The average molecular weight is 210 g/mol. The average Bonchev–Trinajstić information content (AvgIpc) is 2.29. The van der Waals surface area contributed by atoms with Crippen molar-refractivity contribution < 1.29 is 14.6 Å². The number of hydrogen-bond donors (Lipinski definition) is 1. The minimum Gasteiger partial charge on any atom is -0.511 e. The van der Waals surface area contributed by atoms with Crippen molar-refractivity contribution in [3.63, 3.8) is 0 Å². The fourth-order valence-electron chi connectivity index (χ4n) is 1.77. The molecule has 0 aromatic carbocycles. The molecule has 0 atom stereocenters. The Balaban J connectivity index is 3.02. The number of aliphatic hydroxyl groups is 1. The van der Waals surface area contributed by atoms with Crippen LogP contribution in [0.3, 0.4) is 0 Å². The number of carbonyl (C=O) groups is 1. The Morgan fingerprint density at radius 2 is 2.13 bits per heavy atom. The van der Waals surface area contributed by atoms with Crippen molar-refractivity contribution in [3.8, 4) is 0 Å². The summed E-state index contributed by atoms with van der Waals surface area (Å²) < 4.78 is 4.67. The van der Waals surface area contributed by atoms with E-state index in [1.807, 2.05) is 13.0 Å². The number of allylic oxidation sites excluding steroid dienone is 2. The molecule has 0 saturated heterocycles. The van der Waals surface area contributed by atoms with Crippen LogP contribution in [0.15, 0.2) is 23.0 Å². The van der Waals surface area contributed by atoms with Gasteiger partial charge in [0.25, 0.3) is 0 Å². The lowest BCUT2D eigenvalue weighted by Gasteiger charge is -2.08. The predicted octanol–water partition coefficient (Wildman–Crippen LogP) is 2.88. The Morgan fingerprint density at radius 1 is 1.40 bits per heavy atom. The zero-order chi connectivity index (χ0) is 11.3. The summed E-state index contributed by atoms with van der Waals surface area (Å²) >= 11 is 0. The molecule has 0 aromatic rings. The third-order valence-corrected chi connectivity index (χ3v) is 2.64. The van der Waals surface area contributed by atoms with Crippen molar-refractivity contribution in [2.45, 2.75) is 39.0 Å². The van der Waals surface area contributed by atoms with Gasteiger partial charge < -0.3 is 9.84 Å². The molecule has 0 aliphatic heterocycles. The molecule has 3 nitrogen and oxygen atoms in total. The second-order valence-corrected chi connectivity index (χ2v) is 3.80. The van der Waals surface area contributed by atoms with Crippen molar-refractivity contribution >= 4 is 5.97 Å². The van der Waals surface area contributed by atoms with E-state index in [1.54, 1.807) is 0 Å². The number of carbonyl (C=O) groups excluding carboxylic acids is 1. The van der Waals surface area contributed by atoms with Crippen LogP contribution in [0.5, 0.6) is 0 Å². The van der Waals surface area contributed by atoms with E-state index < -0.39 is 5.97 Å². The maximum Gasteiger partial charge on any atom is 0.341 e. The molecule has 84 valence electrons. The van der Waals surface area contributed by atoms with Gasteiger partial charge in [-0.2, -0.15) is 0 Å². The number of aliphatic hydroxyl groups excluding tert-OH is 1. The van der Waals surface area contributed by atoms with E-state index >= 15 is 0 Å². The summed E-state index contributed by atoms with van der Waals surface area (Å²) in [5, 5.41) is 9.81. The number of hydrogen-bond acceptors (Lipinski definition) is 3. The Hall–Kier alpha value is -1.25. The van der Waals surface area contributed by atoms with E-state index in [-0.39, 0.29) is 5.76 Å². The van der Waals surface area contributed by atoms with Gasteiger partial charge in [-0.3, -0.25) is 0 Å². The zero-order valence-electron chi connectivity index (χ0n) is 9.38. The normalized spacial score (nSPS) is 26.9. The van der Waals surface area contributed by atoms with Gasteiger partial charge in [-0.25, -0.2) is 4.79 Å². The second kappa shape index (κ2) is 5.59. The monoisotopic (exact) mass is 210 g/mol. The van der Waals surface area contributed by atoms with Gasteiger partial charge in [-0.05, 0) is 31.8 Å². The summed E-state index contributed by atoms with van der Waals surface area (Å²) in [6.07, 6.45) is 6.64. The molecule has 15 heavy (non-hydrogen) atoms. The van der Waals surface area contributed by atoms with Gasteiger partial charge in [-0.1, -0.05) is 12.5 Å². The quantitative estimate of drug-likeness (QED) is 0.677. The molecule has 1 aliphatic rings. The highest BCUT2D eigenvalue weighted by Crippen LogP contribution is 2.22. The molecule has 0 heterocycles. The number of rotatable bonds is 1. The van der Waals surface area contributed by atoms with Crippen LogP contribution >= 0.6 is 0 Å². The van der Waals surface area contributed by atoms with Crippen LogP contribution in [-0.2, 0) is 9.53 Å². The molecular weight excluding hydrogens is 192 g/mol. The summed E-state index contributed by atoms with van der Waals surface area (Å²) in [7, 11) is 1.34. The maximum absolute atomic E-state index is 11.5. The second-order valence-electron chi connectivity index (χ2n) is 3.80. The first-order valence-electron chi connectivity index (χ1n) is 5.34. The van der Waals surface area contributed by atoms with Crippen LogP contribution in [0.4, 0.5) is 0 Å². The standard InChI is InChI=1S/C12H18O3/c1-9-7-5-3-4-6-8-10(13)11(9)12(14)15-2/h7,13H,3-6,8H2,1-2H3/b9-7-,11-10-. The van der Waals surface area contributed by atoms with Crippen LogP contribution in [0, 0.1) is 0 Å². The van der Waals surface area contributed by atoms with Crippen molar-refractivity contribution in [1.82, 2.24) is 0 Å². The lowest BCUT2D eigenvalue weighted by atomic mass is 10.0. The number of methoxy groups -OCH3 is 1. The van der Waals surface area contributed by atoms with Gasteiger partial charge in [0.2, 0.25) is 0 Å². The van der Waals surface area contributed by atoms with Gasteiger partial charge in [0, 0.05) is 6.42 Å². The molecule has 0 radical (unpaired) electrons. The molecule has 0 amide bonds. The minimum absolute atomic E-state index is 0.164. The van der Waals surface area contributed by atoms with Crippen molar-refractivity contribution in [2.24, 2.45) is 0 Å². The summed E-state index contributed by atoms with van der Waals surface area (Å²) in [5.74, 6) is -0.277. The SMILES string of the molecule is COC(=O)C1=C(\O)CCCCC/C=C\1C. The zero-order valence-corrected chi connectivity index (χ0v) is 9.38. The van der Waals surface area contributed by atoms with Crippen molar-refractivity contribution in [1.29, 1.82) is 0 Å². The van der Waals surface area contributed by atoms with Gasteiger partial charge in [-0.15, -0.1) is 0 Å². The van der Waals surface area contributed by atoms with Gasteiger partial charge in [0.15, 0.2) is 0 Å². The van der Waals surface area contributed by atoms with Gasteiger partial charge in [0.1, 0.15) is 5.76 Å². The lowest BCUT2D eigenvalue weighted by Crippen LogP contribution is -2.09. The van der Waals surface area contributed by atoms with E-state index in [0.717, 1.165) is 31.3 Å². The maximum atomic E-state index is 11.5. The highest BCUT2D eigenvalue weighted by atomic mass is 16.5. The Morgan fingerprint density at radius 3 is 2.80 bits per heavy atom. The Kier molecular flexibility index (Phi) is 4.40. The van der Waals surface area contributed by atoms with Gasteiger partial charge >= 0.3 is 5.97 Å². The van der Waals surface area contributed by atoms with E-state index in [9.17, 15) is 9.90 Å². The molecule has 0 spiro atoms. The van der Waals surface area contributed by atoms with Crippen molar-refractivity contribution in [2.75, 3.05) is 7.11 Å². The molecule has 1 aliphatic carbocycles.